The third-order valence-corrected chi connectivity index (χ3v) is 7.85. The number of hydrogen-bond donors (Lipinski definition) is 1. The highest BCUT2D eigenvalue weighted by atomic mass is 79.9. The van der Waals surface area contributed by atoms with E-state index in [9.17, 15) is 4.79 Å². The van der Waals surface area contributed by atoms with Crippen LogP contribution in [-0.2, 0) is 11.2 Å². The number of ketones is 1. The molecule has 5 rings (SSSR count). The van der Waals surface area contributed by atoms with Crippen molar-refractivity contribution in [1.29, 1.82) is 0 Å². The van der Waals surface area contributed by atoms with E-state index in [-0.39, 0.29) is 11.8 Å². The average molecular weight is 562 g/mol. The largest absolute Gasteiger partial charge is 0.385 e. The number of benzene rings is 3. The van der Waals surface area contributed by atoms with Gasteiger partial charge in [0, 0.05) is 40.3 Å². The van der Waals surface area contributed by atoms with Gasteiger partial charge in [-0.3, -0.25) is 9.79 Å². The minimum atomic E-state index is -0.0368. The number of nitrogens with zero attached hydrogens (tertiary/aromatic N) is 1. The van der Waals surface area contributed by atoms with Gasteiger partial charge in [0.05, 0.1) is 6.04 Å². The van der Waals surface area contributed by atoms with Gasteiger partial charge in [-0.15, -0.1) is 0 Å². The zero-order valence-electron chi connectivity index (χ0n) is 20.5. The smallest absolute Gasteiger partial charge is 0.159 e. The fourth-order valence-corrected chi connectivity index (χ4v) is 5.69. The highest BCUT2D eigenvalue weighted by Crippen LogP contribution is 2.33. The minimum Gasteiger partial charge on any atom is -0.385 e. The van der Waals surface area contributed by atoms with Crippen LogP contribution in [0.5, 0.6) is 0 Å². The topological polar surface area (TPSA) is 41.5 Å². The van der Waals surface area contributed by atoms with Crippen LogP contribution in [0.2, 0.25) is 5.02 Å². The van der Waals surface area contributed by atoms with Crippen molar-refractivity contribution in [1.82, 2.24) is 5.32 Å². The van der Waals surface area contributed by atoms with Crippen molar-refractivity contribution in [2.24, 2.45) is 4.99 Å². The summed E-state index contributed by atoms with van der Waals surface area (Å²) in [4.78, 5) is 18.1. The Hall–Kier alpha value is -2.69. The molecule has 0 aromatic heterocycles. The SMILES string of the molecule is CC1=NC(c2ccc3cc(Br)ccc3c2)CC(C(=O)CCc2ccc(C3=CCCCCN3)cc2Cl)=C1. The van der Waals surface area contributed by atoms with E-state index in [2.05, 4.69) is 75.9 Å². The lowest BCUT2D eigenvalue weighted by molar-refractivity contribution is -0.115. The Labute approximate surface area is 226 Å². The maximum atomic E-state index is 13.2. The predicted octanol–water partition coefficient (Wildman–Crippen LogP) is 8.40. The Bertz CT molecular complexity index is 1400. The number of nitrogens with one attached hydrogen (secondary N) is 1. The van der Waals surface area contributed by atoms with Gasteiger partial charge in [0.1, 0.15) is 0 Å². The van der Waals surface area contributed by atoms with E-state index in [1.807, 2.05) is 19.1 Å². The van der Waals surface area contributed by atoms with Crippen LogP contribution in [0.3, 0.4) is 0 Å². The molecule has 36 heavy (non-hydrogen) atoms. The summed E-state index contributed by atoms with van der Waals surface area (Å²) in [6.45, 7) is 2.97. The summed E-state index contributed by atoms with van der Waals surface area (Å²) < 4.78 is 1.07. The highest BCUT2D eigenvalue weighted by molar-refractivity contribution is 9.10. The number of aliphatic imine (C=N–C) groups is 1. The van der Waals surface area contributed by atoms with Crippen molar-refractivity contribution >= 4 is 55.5 Å². The second-order valence-electron chi connectivity index (χ2n) is 9.68. The molecule has 5 heteroatoms. The summed E-state index contributed by atoms with van der Waals surface area (Å²) in [5.74, 6) is 0.173. The fraction of sp³-hybridized carbons (Fsp3) is 0.290. The number of carbonyl (C=O) groups is 1. The number of halogens is 2. The lowest BCUT2D eigenvalue weighted by Crippen LogP contribution is -2.14. The molecule has 184 valence electrons. The van der Waals surface area contributed by atoms with Crippen LogP contribution in [0, 0.1) is 0 Å². The summed E-state index contributed by atoms with van der Waals surface area (Å²) in [6.07, 6.45) is 9.40. The number of dihydropyridines is 1. The molecule has 1 unspecified atom stereocenters. The normalized spacial score (nSPS) is 18.1. The van der Waals surface area contributed by atoms with Gasteiger partial charge in [-0.05, 0) is 96.0 Å². The second kappa shape index (κ2) is 11.1. The van der Waals surface area contributed by atoms with E-state index in [0.717, 1.165) is 56.1 Å². The fourth-order valence-electron chi connectivity index (χ4n) is 5.03. The van der Waals surface area contributed by atoms with Gasteiger partial charge in [-0.2, -0.15) is 0 Å². The first-order valence-corrected chi connectivity index (χ1v) is 13.8. The lowest BCUT2D eigenvalue weighted by Gasteiger charge is -2.20. The molecule has 0 amide bonds. The van der Waals surface area contributed by atoms with Gasteiger partial charge < -0.3 is 5.32 Å². The van der Waals surface area contributed by atoms with E-state index in [4.69, 9.17) is 16.6 Å². The third-order valence-electron chi connectivity index (χ3n) is 7.01. The zero-order chi connectivity index (χ0) is 25.1. The maximum absolute atomic E-state index is 13.2. The molecule has 1 N–H and O–H groups in total. The molecule has 1 atom stereocenters. The number of aryl methyl sites for hydroxylation is 1. The third kappa shape index (κ3) is 5.82. The van der Waals surface area contributed by atoms with E-state index < -0.39 is 0 Å². The van der Waals surface area contributed by atoms with Crippen LogP contribution in [0.25, 0.3) is 16.5 Å². The number of hydrogen-bond acceptors (Lipinski definition) is 3. The molecule has 0 bridgehead atoms. The molecule has 2 aliphatic rings. The van der Waals surface area contributed by atoms with Gasteiger partial charge >= 0.3 is 0 Å². The van der Waals surface area contributed by atoms with E-state index in [1.54, 1.807) is 0 Å². The van der Waals surface area contributed by atoms with Gasteiger partial charge in [0.25, 0.3) is 0 Å². The molecule has 3 nitrogen and oxygen atoms in total. The number of fused-ring (bicyclic) bond motifs is 1. The first kappa shape index (κ1) is 25.0. The van der Waals surface area contributed by atoms with E-state index in [1.165, 1.54) is 23.6 Å². The molecule has 2 heterocycles. The standard InChI is InChI=1S/C31H30BrClN2O/c1-20-15-26(19-30(35-20)24-9-7-23-17-27(32)12-10-22(23)16-24)31(36)13-11-21-6-8-25(18-28(21)33)29-5-3-2-4-14-34-29/h5-10,12,15-18,30,34H,2-4,11,13-14,19H2,1H3. The molecule has 0 saturated heterocycles. The van der Waals surface area contributed by atoms with Crippen molar-refractivity contribution < 1.29 is 4.79 Å². The summed E-state index contributed by atoms with van der Waals surface area (Å²) in [5, 5.41) is 6.59. The molecular formula is C31H30BrClN2O. The monoisotopic (exact) mass is 560 g/mol. The van der Waals surface area contributed by atoms with Gasteiger partial charge in [0.15, 0.2) is 5.78 Å². The first-order chi connectivity index (χ1) is 17.5. The predicted molar refractivity (Wildman–Crippen MR) is 155 cm³/mol. The van der Waals surface area contributed by atoms with Gasteiger partial charge in [0.2, 0.25) is 0 Å². The molecule has 3 aromatic rings. The summed E-state index contributed by atoms with van der Waals surface area (Å²) in [6, 6.07) is 18.9. The highest BCUT2D eigenvalue weighted by Gasteiger charge is 2.22. The summed E-state index contributed by atoms with van der Waals surface area (Å²) in [7, 11) is 0. The molecule has 0 aliphatic carbocycles. The molecule has 0 spiro atoms. The number of allylic oxidation sites excluding steroid dienone is 2. The van der Waals surface area contributed by atoms with Crippen molar-refractivity contribution in [2.75, 3.05) is 6.54 Å². The van der Waals surface area contributed by atoms with Crippen LogP contribution < -0.4 is 5.32 Å². The van der Waals surface area contributed by atoms with Crippen molar-refractivity contribution in [3.8, 4) is 0 Å². The van der Waals surface area contributed by atoms with Crippen molar-refractivity contribution in [2.45, 2.75) is 51.5 Å². The average Bonchev–Trinajstić information content (AvgIpc) is 3.17. The quantitative estimate of drug-likeness (QED) is 0.328. The minimum absolute atomic E-state index is 0.0368. The maximum Gasteiger partial charge on any atom is 0.159 e. The Morgan fingerprint density at radius 1 is 1.08 bits per heavy atom. The Morgan fingerprint density at radius 2 is 1.92 bits per heavy atom. The van der Waals surface area contributed by atoms with Crippen LogP contribution in [0.15, 0.2) is 81.8 Å². The molecule has 0 saturated carbocycles. The molecule has 0 fully saturated rings. The molecule has 3 aromatic carbocycles. The first-order valence-electron chi connectivity index (χ1n) is 12.7. The number of carbonyl (C=O) groups excluding carboxylic acids is 1. The van der Waals surface area contributed by atoms with Crippen LogP contribution in [0.4, 0.5) is 0 Å². The van der Waals surface area contributed by atoms with Crippen LogP contribution in [-0.4, -0.2) is 18.0 Å². The lowest BCUT2D eigenvalue weighted by atomic mass is 9.90. The van der Waals surface area contributed by atoms with E-state index >= 15 is 0 Å². The van der Waals surface area contributed by atoms with E-state index in [0.29, 0.717) is 19.3 Å². The van der Waals surface area contributed by atoms with Crippen molar-refractivity contribution in [3.05, 3.63) is 98.5 Å². The molecular weight excluding hydrogens is 532 g/mol. The van der Waals surface area contributed by atoms with Crippen LogP contribution in [0.1, 0.15) is 61.8 Å². The van der Waals surface area contributed by atoms with Gasteiger partial charge in [-0.1, -0.05) is 63.9 Å². The number of Topliss-reactive ketones (excluding diaryl/α,β-unsaturated/α-hetero) is 1. The molecule has 0 radical (unpaired) electrons. The Morgan fingerprint density at radius 3 is 2.78 bits per heavy atom. The van der Waals surface area contributed by atoms with Crippen molar-refractivity contribution in [3.63, 3.8) is 0 Å². The number of rotatable bonds is 6. The van der Waals surface area contributed by atoms with Gasteiger partial charge in [-0.25, -0.2) is 0 Å². The Balaban J connectivity index is 1.26. The summed E-state index contributed by atoms with van der Waals surface area (Å²) in [5.41, 5.74) is 6.18. The second-order valence-corrected chi connectivity index (χ2v) is 11.0. The zero-order valence-corrected chi connectivity index (χ0v) is 22.8. The Kier molecular flexibility index (Phi) is 7.73. The van der Waals surface area contributed by atoms with Crippen LogP contribution >= 0.6 is 27.5 Å². The molecule has 2 aliphatic heterocycles. The summed E-state index contributed by atoms with van der Waals surface area (Å²) >= 11 is 10.2.